The van der Waals surface area contributed by atoms with Crippen molar-refractivity contribution >= 4 is 27.5 Å². The molecule has 1 saturated heterocycles. The van der Waals surface area contributed by atoms with E-state index in [-0.39, 0.29) is 5.91 Å². The van der Waals surface area contributed by atoms with Crippen LogP contribution in [0.5, 0.6) is 0 Å². The van der Waals surface area contributed by atoms with Crippen LogP contribution in [0.3, 0.4) is 0 Å². The Balaban J connectivity index is 1.38. The van der Waals surface area contributed by atoms with Crippen LogP contribution in [0, 0.1) is 0 Å². The molecule has 122 valence electrons. The van der Waals surface area contributed by atoms with E-state index >= 15 is 0 Å². The van der Waals surface area contributed by atoms with Crippen LogP contribution >= 0.6 is 11.3 Å². The molecule has 1 fully saturated rings. The number of rotatable bonds is 3. The standard InChI is InChI=1S/C20H20N2OS/c23-19(14-15-6-2-1-3-7-15)22-12-10-16(11-13-22)20-21-17-8-4-5-9-18(17)24-20/h1-9,16H,10-14H2. The number of hydrogen-bond acceptors (Lipinski definition) is 3. The second-order valence-electron chi connectivity index (χ2n) is 6.34. The second-order valence-corrected chi connectivity index (χ2v) is 7.40. The van der Waals surface area contributed by atoms with E-state index in [1.54, 1.807) is 11.3 Å². The molecule has 4 rings (SSSR count). The average molecular weight is 336 g/mol. The lowest BCUT2D eigenvalue weighted by molar-refractivity contribution is -0.131. The van der Waals surface area contributed by atoms with Gasteiger partial charge in [0.2, 0.25) is 5.91 Å². The minimum absolute atomic E-state index is 0.240. The molecule has 4 heteroatoms. The molecule has 0 unspecified atom stereocenters. The third-order valence-corrected chi connectivity index (χ3v) is 5.90. The third kappa shape index (κ3) is 3.20. The van der Waals surface area contributed by atoms with E-state index in [9.17, 15) is 4.79 Å². The minimum atomic E-state index is 0.240. The predicted octanol–water partition coefficient (Wildman–Crippen LogP) is 4.25. The maximum Gasteiger partial charge on any atom is 0.226 e. The molecular formula is C20H20N2OS. The number of likely N-dealkylation sites (tertiary alicyclic amines) is 1. The molecule has 2 heterocycles. The van der Waals surface area contributed by atoms with Crippen molar-refractivity contribution in [2.75, 3.05) is 13.1 Å². The van der Waals surface area contributed by atoms with Crippen molar-refractivity contribution in [2.45, 2.75) is 25.2 Å². The number of para-hydroxylation sites is 1. The Morgan fingerprint density at radius 2 is 1.75 bits per heavy atom. The van der Waals surface area contributed by atoms with Gasteiger partial charge in [-0.1, -0.05) is 42.5 Å². The molecule has 1 aliphatic heterocycles. The van der Waals surface area contributed by atoms with Crippen LogP contribution in [-0.2, 0) is 11.2 Å². The van der Waals surface area contributed by atoms with Gasteiger partial charge in [-0.05, 0) is 30.5 Å². The molecule has 1 aromatic heterocycles. The minimum Gasteiger partial charge on any atom is -0.342 e. The lowest BCUT2D eigenvalue weighted by Gasteiger charge is -2.31. The van der Waals surface area contributed by atoms with Crippen LogP contribution < -0.4 is 0 Å². The van der Waals surface area contributed by atoms with Gasteiger partial charge in [0, 0.05) is 19.0 Å². The van der Waals surface area contributed by atoms with Gasteiger partial charge in [-0.25, -0.2) is 4.98 Å². The number of amides is 1. The van der Waals surface area contributed by atoms with Crippen molar-refractivity contribution in [2.24, 2.45) is 0 Å². The zero-order chi connectivity index (χ0) is 16.4. The molecule has 3 nitrogen and oxygen atoms in total. The molecule has 0 saturated carbocycles. The van der Waals surface area contributed by atoms with Crippen molar-refractivity contribution < 1.29 is 4.79 Å². The van der Waals surface area contributed by atoms with Crippen molar-refractivity contribution in [3.05, 3.63) is 65.2 Å². The molecule has 0 radical (unpaired) electrons. The summed E-state index contributed by atoms with van der Waals surface area (Å²) in [5.74, 6) is 0.729. The fourth-order valence-electron chi connectivity index (χ4n) is 3.32. The predicted molar refractivity (Wildman–Crippen MR) is 98.3 cm³/mol. The maximum atomic E-state index is 12.5. The van der Waals surface area contributed by atoms with Gasteiger partial charge in [0.05, 0.1) is 21.6 Å². The summed E-state index contributed by atoms with van der Waals surface area (Å²) in [6.07, 6.45) is 2.54. The van der Waals surface area contributed by atoms with Crippen LogP contribution in [0.2, 0.25) is 0 Å². The Labute approximate surface area is 146 Å². The highest BCUT2D eigenvalue weighted by Crippen LogP contribution is 2.33. The summed E-state index contributed by atoms with van der Waals surface area (Å²) in [7, 11) is 0. The summed E-state index contributed by atoms with van der Waals surface area (Å²) in [4.78, 5) is 19.3. The van der Waals surface area contributed by atoms with Crippen LogP contribution in [0.4, 0.5) is 0 Å². The van der Waals surface area contributed by atoms with Crippen molar-refractivity contribution in [3.8, 4) is 0 Å². The molecule has 3 aromatic rings. The first kappa shape index (κ1) is 15.3. The van der Waals surface area contributed by atoms with Gasteiger partial charge in [0.1, 0.15) is 0 Å². The number of thiazole rings is 1. The number of carbonyl (C=O) groups is 1. The fraction of sp³-hybridized carbons (Fsp3) is 0.300. The van der Waals surface area contributed by atoms with E-state index in [1.165, 1.54) is 9.71 Å². The fourth-order valence-corrected chi connectivity index (χ4v) is 4.46. The number of aromatic nitrogens is 1. The van der Waals surface area contributed by atoms with E-state index in [0.717, 1.165) is 37.0 Å². The zero-order valence-electron chi connectivity index (χ0n) is 13.5. The van der Waals surface area contributed by atoms with Gasteiger partial charge >= 0.3 is 0 Å². The van der Waals surface area contributed by atoms with Crippen LogP contribution in [0.1, 0.15) is 29.3 Å². The van der Waals surface area contributed by atoms with Crippen molar-refractivity contribution in [1.82, 2.24) is 9.88 Å². The lowest BCUT2D eigenvalue weighted by atomic mass is 9.97. The normalized spacial score (nSPS) is 15.8. The Kier molecular flexibility index (Phi) is 4.30. The van der Waals surface area contributed by atoms with Crippen molar-refractivity contribution in [1.29, 1.82) is 0 Å². The van der Waals surface area contributed by atoms with Gasteiger partial charge < -0.3 is 4.90 Å². The first-order chi connectivity index (χ1) is 11.8. The first-order valence-electron chi connectivity index (χ1n) is 8.47. The topological polar surface area (TPSA) is 33.2 Å². The number of nitrogens with zero attached hydrogens (tertiary/aromatic N) is 2. The maximum absolute atomic E-state index is 12.5. The lowest BCUT2D eigenvalue weighted by Crippen LogP contribution is -2.38. The summed E-state index contributed by atoms with van der Waals surface area (Å²) in [6.45, 7) is 1.68. The van der Waals surface area contributed by atoms with Crippen molar-refractivity contribution in [3.63, 3.8) is 0 Å². The Morgan fingerprint density at radius 1 is 1.04 bits per heavy atom. The summed E-state index contributed by atoms with van der Waals surface area (Å²) in [5, 5.41) is 1.23. The second kappa shape index (κ2) is 6.73. The largest absolute Gasteiger partial charge is 0.342 e. The first-order valence-corrected chi connectivity index (χ1v) is 9.28. The van der Waals surface area contributed by atoms with E-state index in [4.69, 9.17) is 4.98 Å². The molecule has 24 heavy (non-hydrogen) atoms. The van der Waals surface area contributed by atoms with E-state index in [2.05, 4.69) is 18.2 Å². The molecule has 1 amide bonds. The smallest absolute Gasteiger partial charge is 0.226 e. The van der Waals surface area contributed by atoms with Crippen LogP contribution in [0.25, 0.3) is 10.2 Å². The highest BCUT2D eigenvalue weighted by atomic mass is 32.1. The molecule has 0 spiro atoms. The summed E-state index contributed by atoms with van der Waals surface area (Å²) in [5.41, 5.74) is 2.19. The van der Waals surface area contributed by atoms with Gasteiger partial charge in [-0.15, -0.1) is 11.3 Å². The van der Waals surface area contributed by atoms with Gasteiger partial charge in [-0.3, -0.25) is 4.79 Å². The Morgan fingerprint density at radius 3 is 2.50 bits per heavy atom. The summed E-state index contributed by atoms with van der Waals surface area (Å²) >= 11 is 1.80. The Hall–Kier alpha value is -2.20. The molecular weight excluding hydrogens is 316 g/mol. The average Bonchev–Trinajstić information content (AvgIpc) is 3.07. The molecule has 1 aliphatic rings. The molecule has 0 atom stereocenters. The van der Waals surface area contributed by atoms with Gasteiger partial charge in [0.15, 0.2) is 0 Å². The van der Waals surface area contributed by atoms with Crippen LogP contribution in [0.15, 0.2) is 54.6 Å². The molecule has 0 bridgehead atoms. The molecule has 0 aliphatic carbocycles. The van der Waals surface area contributed by atoms with E-state index in [1.807, 2.05) is 41.3 Å². The SMILES string of the molecule is O=C(Cc1ccccc1)N1CCC(c2nc3ccccc3s2)CC1. The zero-order valence-corrected chi connectivity index (χ0v) is 14.3. The highest BCUT2D eigenvalue weighted by molar-refractivity contribution is 7.18. The summed E-state index contributed by atoms with van der Waals surface area (Å²) in [6, 6.07) is 18.3. The number of carbonyl (C=O) groups excluding carboxylic acids is 1. The highest BCUT2D eigenvalue weighted by Gasteiger charge is 2.25. The quantitative estimate of drug-likeness (QED) is 0.716. The monoisotopic (exact) mass is 336 g/mol. The number of piperidine rings is 1. The van der Waals surface area contributed by atoms with E-state index in [0.29, 0.717) is 12.3 Å². The number of fused-ring (bicyclic) bond motifs is 1. The summed E-state index contributed by atoms with van der Waals surface area (Å²) < 4.78 is 1.26. The van der Waals surface area contributed by atoms with Gasteiger partial charge in [-0.2, -0.15) is 0 Å². The van der Waals surface area contributed by atoms with Crippen LogP contribution in [-0.4, -0.2) is 28.9 Å². The Bertz CT molecular complexity index is 802. The van der Waals surface area contributed by atoms with E-state index < -0.39 is 0 Å². The van der Waals surface area contributed by atoms with Gasteiger partial charge in [0.25, 0.3) is 0 Å². The number of benzene rings is 2. The number of hydrogen-bond donors (Lipinski definition) is 0. The molecule has 0 N–H and O–H groups in total. The molecule has 2 aromatic carbocycles. The third-order valence-electron chi connectivity index (χ3n) is 4.71.